The molecule has 0 radical (unpaired) electrons. The molecule has 0 saturated carbocycles. The van der Waals surface area contributed by atoms with E-state index in [9.17, 15) is 0 Å². The number of nitrogens with zero attached hydrogens (tertiary/aromatic N) is 6. The molecule has 0 aromatic carbocycles. The van der Waals surface area contributed by atoms with Gasteiger partial charge in [-0.05, 0) is 39.0 Å². The number of aromatic nitrogens is 4. The number of fused-ring (bicyclic) bond motifs is 1. The van der Waals surface area contributed by atoms with Gasteiger partial charge in [-0.25, -0.2) is 4.98 Å². The molecule has 3 heterocycles. The zero-order valence-corrected chi connectivity index (χ0v) is 17.2. The maximum atomic E-state index is 5.71. The van der Waals surface area contributed by atoms with E-state index >= 15 is 0 Å². The molecule has 0 fully saturated rings. The standard InChI is InChI=1S/C21H26N8/c1-5-29(14(2)3)17-9-21(28-25-13-17)27-20-7-6-18-19(26-20)8-15(12-24-18)16(10-22)11-23-4/h6-14H,5,22H2,1-4H3,(H,26,27,28). The van der Waals surface area contributed by atoms with Crippen LogP contribution in [0.15, 0.2) is 47.9 Å². The van der Waals surface area contributed by atoms with Gasteiger partial charge in [-0.1, -0.05) is 0 Å². The highest BCUT2D eigenvalue weighted by Crippen LogP contribution is 2.22. The summed E-state index contributed by atoms with van der Waals surface area (Å²) in [6.45, 7) is 7.32. The number of anilines is 3. The minimum absolute atomic E-state index is 0.372. The van der Waals surface area contributed by atoms with Gasteiger partial charge < -0.3 is 16.0 Å². The van der Waals surface area contributed by atoms with Gasteiger partial charge in [0.2, 0.25) is 0 Å². The summed E-state index contributed by atoms with van der Waals surface area (Å²) in [5.74, 6) is 1.30. The van der Waals surface area contributed by atoms with Crippen LogP contribution in [0.1, 0.15) is 26.3 Å². The second kappa shape index (κ2) is 9.09. The van der Waals surface area contributed by atoms with Crippen LogP contribution < -0.4 is 16.0 Å². The molecule has 0 atom stereocenters. The van der Waals surface area contributed by atoms with Crippen LogP contribution >= 0.6 is 0 Å². The van der Waals surface area contributed by atoms with Gasteiger partial charge in [-0.3, -0.25) is 9.98 Å². The van der Waals surface area contributed by atoms with Crippen molar-refractivity contribution in [3.63, 3.8) is 0 Å². The number of rotatable bonds is 7. The Bertz CT molecular complexity index is 1040. The van der Waals surface area contributed by atoms with Crippen molar-refractivity contribution in [2.75, 3.05) is 23.8 Å². The number of nitrogens with two attached hydrogens (primary N) is 1. The molecule has 0 aliphatic heterocycles. The first-order chi connectivity index (χ1) is 14.0. The molecule has 3 aromatic rings. The monoisotopic (exact) mass is 390 g/mol. The highest BCUT2D eigenvalue weighted by atomic mass is 15.2. The fraction of sp³-hybridized carbons (Fsp3) is 0.286. The molecule has 0 aliphatic carbocycles. The van der Waals surface area contributed by atoms with Crippen molar-refractivity contribution in [1.82, 2.24) is 20.2 Å². The Balaban J connectivity index is 1.91. The van der Waals surface area contributed by atoms with Crippen LogP contribution in [0.4, 0.5) is 17.3 Å². The molecule has 29 heavy (non-hydrogen) atoms. The van der Waals surface area contributed by atoms with Crippen LogP contribution in [0.3, 0.4) is 0 Å². The third-order valence-electron chi connectivity index (χ3n) is 4.51. The Morgan fingerprint density at radius 1 is 1.21 bits per heavy atom. The molecule has 0 bridgehead atoms. The lowest BCUT2D eigenvalue weighted by molar-refractivity contribution is 0.700. The van der Waals surface area contributed by atoms with Gasteiger partial charge in [0.1, 0.15) is 5.82 Å². The second-order valence-corrected chi connectivity index (χ2v) is 6.77. The van der Waals surface area contributed by atoms with Gasteiger partial charge in [0.25, 0.3) is 0 Å². The van der Waals surface area contributed by atoms with Crippen molar-refractivity contribution < 1.29 is 0 Å². The predicted octanol–water partition coefficient (Wildman–Crippen LogP) is 3.40. The maximum Gasteiger partial charge on any atom is 0.156 e. The molecule has 3 rings (SSSR count). The average Bonchev–Trinajstić information content (AvgIpc) is 2.72. The largest absolute Gasteiger partial charge is 0.404 e. The highest BCUT2D eigenvalue weighted by Gasteiger charge is 2.11. The maximum absolute atomic E-state index is 5.71. The van der Waals surface area contributed by atoms with Gasteiger partial charge >= 0.3 is 0 Å². The van der Waals surface area contributed by atoms with Gasteiger partial charge in [0, 0.05) is 55.4 Å². The van der Waals surface area contributed by atoms with Gasteiger partial charge in [0.05, 0.1) is 22.9 Å². The Kier molecular flexibility index (Phi) is 6.33. The summed E-state index contributed by atoms with van der Waals surface area (Å²) in [5.41, 5.74) is 9.90. The van der Waals surface area contributed by atoms with Crippen molar-refractivity contribution >= 4 is 40.1 Å². The second-order valence-electron chi connectivity index (χ2n) is 6.77. The number of hydrogen-bond donors (Lipinski definition) is 2. The third-order valence-corrected chi connectivity index (χ3v) is 4.51. The summed E-state index contributed by atoms with van der Waals surface area (Å²) in [4.78, 5) is 15.4. The van der Waals surface area contributed by atoms with E-state index in [0.29, 0.717) is 17.7 Å². The molecule has 3 aromatic heterocycles. The van der Waals surface area contributed by atoms with E-state index in [-0.39, 0.29) is 0 Å². The fourth-order valence-electron chi connectivity index (χ4n) is 3.14. The van der Waals surface area contributed by atoms with E-state index in [4.69, 9.17) is 5.73 Å². The fourth-order valence-corrected chi connectivity index (χ4v) is 3.14. The van der Waals surface area contributed by atoms with Crippen LogP contribution in [-0.4, -0.2) is 46.0 Å². The molecule has 8 heteroatoms. The van der Waals surface area contributed by atoms with E-state index in [1.54, 1.807) is 25.7 Å². The summed E-state index contributed by atoms with van der Waals surface area (Å²) < 4.78 is 0. The number of nitrogens with one attached hydrogen (secondary N) is 1. The van der Waals surface area contributed by atoms with Crippen LogP contribution in [-0.2, 0) is 0 Å². The molecular formula is C21H26N8. The zero-order chi connectivity index (χ0) is 20.8. The third kappa shape index (κ3) is 4.66. The summed E-state index contributed by atoms with van der Waals surface area (Å²) in [6, 6.07) is 8.07. The van der Waals surface area contributed by atoms with Gasteiger partial charge in [-0.2, -0.15) is 5.10 Å². The molecule has 3 N–H and O–H groups in total. The van der Waals surface area contributed by atoms with Gasteiger partial charge in [-0.15, -0.1) is 5.10 Å². The van der Waals surface area contributed by atoms with E-state index in [0.717, 1.165) is 34.4 Å². The molecule has 0 spiro atoms. The number of pyridine rings is 2. The van der Waals surface area contributed by atoms with E-state index in [1.807, 2.05) is 24.3 Å². The minimum Gasteiger partial charge on any atom is -0.404 e. The Morgan fingerprint density at radius 2 is 2.03 bits per heavy atom. The van der Waals surface area contributed by atoms with Crippen molar-refractivity contribution in [2.24, 2.45) is 10.7 Å². The topological polar surface area (TPSA) is 105 Å². The van der Waals surface area contributed by atoms with Crippen molar-refractivity contribution in [1.29, 1.82) is 0 Å². The van der Waals surface area contributed by atoms with E-state index in [1.165, 1.54) is 6.20 Å². The average molecular weight is 390 g/mol. The number of aliphatic imine (C=N–C) groups is 1. The number of hydrogen-bond acceptors (Lipinski definition) is 8. The van der Waals surface area contributed by atoms with Crippen LogP contribution in [0.25, 0.3) is 16.6 Å². The SMILES string of the molecule is CCN(c1cnnc(Nc2ccc3ncc(C(C=NC)=CN)cc3n2)c1)C(C)C. The molecule has 150 valence electrons. The first-order valence-electron chi connectivity index (χ1n) is 9.53. The molecule has 0 aliphatic rings. The first-order valence-corrected chi connectivity index (χ1v) is 9.53. The summed E-state index contributed by atoms with van der Waals surface area (Å²) >= 11 is 0. The summed E-state index contributed by atoms with van der Waals surface area (Å²) in [6.07, 6.45) is 6.74. The van der Waals surface area contributed by atoms with Gasteiger partial charge in [0.15, 0.2) is 5.82 Å². The Morgan fingerprint density at radius 3 is 2.72 bits per heavy atom. The molecular weight excluding hydrogens is 364 g/mol. The van der Waals surface area contributed by atoms with Crippen molar-refractivity contribution in [3.05, 3.63) is 48.4 Å². The van der Waals surface area contributed by atoms with E-state index < -0.39 is 0 Å². The van der Waals surface area contributed by atoms with Crippen LogP contribution in [0, 0.1) is 0 Å². The van der Waals surface area contributed by atoms with Crippen LogP contribution in [0.5, 0.6) is 0 Å². The summed E-state index contributed by atoms with van der Waals surface area (Å²) in [5, 5.41) is 11.6. The Hall–Kier alpha value is -3.55. The molecule has 0 amide bonds. The smallest absolute Gasteiger partial charge is 0.156 e. The predicted molar refractivity (Wildman–Crippen MR) is 120 cm³/mol. The highest BCUT2D eigenvalue weighted by molar-refractivity contribution is 6.10. The van der Waals surface area contributed by atoms with Crippen LogP contribution in [0.2, 0.25) is 0 Å². The minimum atomic E-state index is 0.372. The lowest BCUT2D eigenvalue weighted by atomic mass is 10.1. The lowest BCUT2D eigenvalue weighted by Crippen LogP contribution is -2.30. The first kappa shape index (κ1) is 20.2. The molecule has 8 nitrogen and oxygen atoms in total. The normalized spacial score (nSPS) is 12.1. The lowest BCUT2D eigenvalue weighted by Gasteiger charge is -2.27. The Labute approximate surface area is 170 Å². The van der Waals surface area contributed by atoms with Crippen molar-refractivity contribution in [2.45, 2.75) is 26.8 Å². The van der Waals surface area contributed by atoms with Crippen molar-refractivity contribution in [3.8, 4) is 0 Å². The molecule has 0 unspecified atom stereocenters. The quantitative estimate of drug-likeness (QED) is 0.596. The van der Waals surface area contributed by atoms with E-state index in [2.05, 4.69) is 56.1 Å². The zero-order valence-electron chi connectivity index (χ0n) is 17.2. The number of allylic oxidation sites excluding steroid dienone is 1. The molecule has 0 saturated heterocycles. The summed E-state index contributed by atoms with van der Waals surface area (Å²) in [7, 11) is 1.70.